The fourth-order valence-corrected chi connectivity index (χ4v) is 3.56. The van der Waals surface area contributed by atoms with Gasteiger partial charge < -0.3 is 14.4 Å². The summed E-state index contributed by atoms with van der Waals surface area (Å²) in [7, 11) is 3.27. The summed E-state index contributed by atoms with van der Waals surface area (Å²) >= 11 is 1.49. The third kappa shape index (κ3) is 2.57. The van der Waals surface area contributed by atoms with Crippen LogP contribution in [0.3, 0.4) is 0 Å². The van der Waals surface area contributed by atoms with E-state index in [-0.39, 0.29) is 11.9 Å². The SMILES string of the molecule is COc1cc2c(cc1OC)CN(C(=O)c1cccs1)C(C)C2. The van der Waals surface area contributed by atoms with Gasteiger partial charge in [0.05, 0.1) is 19.1 Å². The number of carbonyl (C=O) groups excluding carboxylic acids is 1. The van der Waals surface area contributed by atoms with Crippen LogP contribution in [0.15, 0.2) is 29.6 Å². The molecule has 0 fully saturated rings. The second kappa shape index (κ2) is 6.01. The molecule has 1 aliphatic heterocycles. The highest BCUT2D eigenvalue weighted by atomic mass is 32.1. The van der Waals surface area contributed by atoms with Gasteiger partial charge in [-0.2, -0.15) is 0 Å². The van der Waals surface area contributed by atoms with Crippen molar-refractivity contribution < 1.29 is 14.3 Å². The third-order valence-corrected chi connectivity index (χ3v) is 4.94. The summed E-state index contributed by atoms with van der Waals surface area (Å²) in [6, 6.07) is 7.96. The van der Waals surface area contributed by atoms with E-state index in [0.29, 0.717) is 12.3 Å². The van der Waals surface area contributed by atoms with Crippen molar-refractivity contribution in [2.75, 3.05) is 14.2 Å². The lowest BCUT2D eigenvalue weighted by Crippen LogP contribution is -2.42. The van der Waals surface area contributed by atoms with E-state index < -0.39 is 0 Å². The zero-order valence-corrected chi connectivity index (χ0v) is 13.8. The molecule has 0 saturated carbocycles. The number of ether oxygens (including phenoxy) is 2. The first-order valence-electron chi connectivity index (χ1n) is 7.22. The van der Waals surface area contributed by atoms with Crippen LogP contribution in [0.2, 0.25) is 0 Å². The number of methoxy groups -OCH3 is 2. The Hall–Kier alpha value is -2.01. The predicted molar refractivity (Wildman–Crippen MR) is 86.9 cm³/mol. The summed E-state index contributed by atoms with van der Waals surface area (Å²) in [5, 5.41) is 1.93. The average molecular weight is 317 g/mol. The van der Waals surface area contributed by atoms with Crippen molar-refractivity contribution in [3.8, 4) is 11.5 Å². The Labute approximate surface area is 134 Å². The molecule has 1 aliphatic rings. The quantitative estimate of drug-likeness (QED) is 0.871. The zero-order chi connectivity index (χ0) is 15.7. The molecular formula is C17H19NO3S. The van der Waals surface area contributed by atoms with Crippen LogP contribution in [0.5, 0.6) is 11.5 Å². The van der Waals surface area contributed by atoms with Crippen molar-refractivity contribution in [3.63, 3.8) is 0 Å². The van der Waals surface area contributed by atoms with Crippen molar-refractivity contribution in [2.24, 2.45) is 0 Å². The Balaban J connectivity index is 1.93. The molecule has 1 aromatic heterocycles. The van der Waals surface area contributed by atoms with Crippen LogP contribution in [-0.2, 0) is 13.0 Å². The Morgan fingerprint density at radius 3 is 2.50 bits per heavy atom. The molecular weight excluding hydrogens is 298 g/mol. The second-order valence-electron chi connectivity index (χ2n) is 5.44. The van der Waals surface area contributed by atoms with Gasteiger partial charge in [0, 0.05) is 12.6 Å². The van der Waals surface area contributed by atoms with Crippen LogP contribution in [0.1, 0.15) is 27.7 Å². The topological polar surface area (TPSA) is 38.8 Å². The molecule has 22 heavy (non-hydrogen) atoms. The van der Waals surface area contributed by atoms with Gasteiger partial charge >= 0.3 is 0 Å². The predicted octanol–water partition coefficient (Wildman–Crippen LogP) is 3.35. The number of hydrogen-bond acceptors (Lipinski definition) is 4. The standard InChI is InChI=1S/C17H19NO3S/c1-11-7-12-8-14(20-2)15(21-3)9-13(12)10-18(11)17(19)16-5-4-6-22-16/h4-6,8-9,11H,7,10H2,1-3H3. The molecule has 0 N–H and O–H groups in total. The monoisotopic (exact) mass is 317 g/mol. The van der Waals surface area contributed by atoms with E-state index in [9.17, 15) is 4.79 Å². The maximum absolute atomic E-state index is 12.6. The van der Waals surface area contributed by atoms with E-state index in [2.05, 4.69) is 6.92 Å². The van der Waals surface area contributed by atoms with Crippen LogP contribution in [0.25, 0.3) is 0 Å². The summed E-state index contributed by atoms with van der Waals surface area (Å²) in [5.41, 5.74) is 2.35. The summed E-state index contributed by atoms with van der Waals surface area (Å²) in [6.07, 6.45) is 0.826. The minimum absolute atomic E-state index is 0.0999. The lowest BCUT2D eigenvalue weighted by Gasteiger charge is -2.35. The van der Waals surface area contributed by atoms with Crippen molar-refractivity contribution in [3.05, 3.63) is 45.6 Å². The van der Waals surface area contributed by atoms with Crippen LogP contribution in [-0.4, -0.2) is 31.1 Å². The van der Waals surface area contributed by atoms with Crippen LogP contribution >= 0.6 is 11.3 Å². The summed E-state index contributed by atoms with van der Waals surface area (Å²) in [5.74, 6) is 1.55. The number of hydrogen-bond donors (Lipinski definition) is 0. The highest BCUT2D eigenvalue weighted by molar-refractivity contribution is 7.12. The molecule has 116 valence electrons. The van der Waals surface area contributed by atoms with E-state index in [0.717, 1.165) is 22.6 Å². The molecule has 2 heterocycles. The maximum atomic E-state index is 12.6. The normalized spacial score (nSPS) is 17.0. The summed E-state index contributed by atoms with van der Waals surface area (Å²) in [4.78, 5) is 15.4. The van der Waals surface area contributed by atoms with Gasteiger partial charge in [-0.25, -0.2) is 0 Å². The van der Waals surface area contributed by atoms with Gasteiger partial charge in [-0.1, -0.05) is 6.07 Å². The molecule has 1 aromatic carbocycles. The molecule has 5 heteroatoms. The molecule has 0 radical (unpaired) electrons. The highest BCUT2D eigenvalue weighted by Gasteiger charge is 2.29. The number of fused-ring (bicyclic) bond motifs is 1. The van der Waals surface area contributed by atoms with Gasteiger partial charge in [0.25, 0.3) is 5.91 Å². The second-order valence-corrected chi connectivity index (χ2v) is 6.39. The van der Waals surface area contributed by atoms with Crippen LogP contribution in [0.4, 0.5) is 0 Å². The molecule has 0 spiro atoms. The average Bonchev–Trinajstić information content (AvgIpc) is 3.06. The number of rotatable bonds is 3. The Kier molecular flexibility index (Phi) is 4.07. The summed E-state index contributed by atoms with van der Waals surface area (Å²) in [6.45, 7) is 2.69. The summed E-state index contributed by atoms with van der Waals surface area (Å²) < 4.78 is 10.7. The molecule has 1 unspecified atom stereocenters. The third-order valence-electron chi connectivity index (χ3n) is 4.09. The molecule has 0 saturated heterocycles. The molecule has 2 aromatic rings. The van der Waals surface area contributed by atoms with Gasteiger partial charge in [0.15, 0.2) is 11.5 Å². The number of benzene rings is 1. The lowest BCUT2D eigenvalue weighted by atomic mass is 9.94. The van der Waals surface area contributed by atoms with Gasteiger partial charge in [-0.3, -0.25) is 4.79 Å². The van der Waals surface area contributed by atoms with Gasteiger partial charge in [0.2, 0.25) is 0 Å². The van der Waals surface area contributed by atoms with E-state index in [4.69, 9.17) is 9.47 Å². The lowest BCUT2D eigenvalue weighted by molar-refractivity contribution is 0.0663. The fraction of sp³-hybridized carbons (Fsp3) is 0.353. The zero-order valence-electron chi connectivity index (χ0n) is 13.0. The molecule has 1 atom stereocenters. The number of nitrogens with zero attached hydrogens (tertiary/aromatic N) is 1. The van der Waals surface area contributed by atoms with Crippen molar-refractivity contribution in [1.82, 2.24) is 4.90 Å². The molecule has 0 bridgehead atoms. The van der Waals surface area contributed by atoms with Crippen molar-refractivity contribution in [1.29, 1.82) is 0 Å². The van der Waals surface area contributed by atoms with Gasteiger partial charge in [-0.15, -0.1) is 11.3 Å². The van der Waals surface area contributed by atoms with E-state index >= 15 is 0 Å². The van der Waals surface area contributed by atoms with E-state index in [1.807, 2.05) is 34.5 Å². The first-order chi connectivity index (χ1) is 10.6. The first kappa shape index (κ1) is 14.9. The number of amides is 1. The van der Waals surface area contributed by atoms with E-state index in [1.54, 1.807) is 14.2 Å². The first-order valence-corrected chi connectivity index (χ1v) is 8.10. The molecule has 0 aliphatic carbocycles. The van der Waals surface area contributed by atoms with Gasteiger partial charge in [0.1, 0.15) is 0 Å². The Bertz CT molecular complexity index is 681. The fourth-order valence-electron chi connectivity index (χ4n) is 2.88. The number of thiophene rings is 1. The van der Waals surface area contributed by atoms with Crippen LogP contribution < -0.4 is 9.47 Å². The maximum Gasteiger partial charge on any atom is 0.264 e. The molecule has 3 rings (SSSR count). The Morgan fingerprint density at radius 1 is 1.23 bits per heavy atom. The smallest absolute Gasteiger partial charge is 0.264 e. The molecule has 1 amide bonds. The minimum atomic E-state index is 0.0999. The van der Waals surface area contributed by atoms with Crippen LogP contribution in [0, 0.1) is 0 Å². The van der Waals surface area contributed by atoms with Crippen molar-refractivity contribution >= 4 is 17.2 Å². The van der Waals surface area contributed by atoms with E-state index in [1.165, 1.54) is 16.9 Å². The van der Waals surface area contributed by atoms with Crippen molar-refractivity contribution in [2.45, 2.75) is 25.9 Å². The largest absolute Gasteiger partial charge is 0.493 e. The number of carbonyl (C=O) groups is 1. The highest BCUT2D eigenvalue weighted by Crippen LogP contribution is 2.35. The van der Waals surface area contributed by atoms with Gasteiger partial charge in [-0.05, 0) is 48.1 Å². The minimum Gasteiger partial charge on any atom is -0.493 e. The molecule has 4 nitrogen and oxygen atoms in total. The Morgan fingerprint density at radius 2 is 1.91 bits per heavy atom.